The van der Waals surface area contributed by atoms with Gasteiger partial charge in [-0.1, -0.05) is 18.2 Å². The Balaban J connectivity index is 1.88. The molecule has 1 unspecified atom stereocenters. The maximum absolute atomic E-state index is 3.83. The minimum absolute atomic E-state index is 0.430. The zero-order chi connectivity index (χ0) is 11.2. The number of benzene rings is 1. The topological polar surface area (TPSA) is 24.1 Å². The molecule has 0 bridgehead atoms. The maximum Gasteiger partial charge on any atom is 0.0454 e. The second-order valence-electron chi connectivity index (χ2n) is 5.40. The average molecular weight is 216 g/mol. The van der Waals surface area contributed by atoms with Gasteiger partial charge in [-0.25, -0.2) is 0 Å². The normalized spacial score (nSPS) is 27.0. The Hall–Kier alpha value is -0.860. The van der Waals surface area contributed by atoms with Crippen LogP contribution in [0.3, 0.4) is 0 Å². The van der Waals surface area contributed by atoms with Gasteiger partial charge in [-0.15, -0.1) is 0 Å². The lowest BCUT2D eigenvalue weighted by atomic mass is 9.95. The molecule has 0 amide bonds. The molecule has 1 aromatic carbocycles. The summed E-state index contributed by atoms with van der Waals surface area (Å²) in [5.74, 6) is 0. The van der Waals surface area contributed by atoms with E-state index < -0.39 is 0 Å². The number of rotatable bonds is 1. The summed E-state index contributed by atoms with van der Waals surface area (Å²) in [6.07, 6.45) is 2.67. The van der Waals surface area contributed by atoms with E-state index in [1.807, 2.05) is 0 Å². The van der Waals surface area contributed by atoms with Crippen LogP contribution < -0.4 is 10.6 Å². The van der Waals surface area contributed by atoms with Crippen molar-refractivity contribution in [3.63, 3.8) is 0 Å². The quantitative estimate of drug-likeness (QED) is 0.751. The Bertz CT molecular complexity index is 407. The molecule has 2 nitrogen and oxygen atoms in total. The molecular formula is C14H20N2. The van der Waals surface area contributed by atoms with Crippen LogP contribution in [0.5, 0.6) is 0 Å². The van der Waals surface area contributed by atoms with Crippen molar-refractivity contribution in [2.75, 3.05) is 13.1 Å². The predicted molar refractivity (Wildman–Crippen MR) is 66.6 cm³/mol. The highest BCUT2D eigenvalue weighted by Crippen LogP contribution is 2.39. The fourth-order valence-corrected chi connectivity index (χ4v) is 2.74. The highest BCUT2D eigenvalue weighted by Gasteiger charge is 2.46. The van der Waals surface area contributed by atoms with Gasteiger partial charge in [0.2, 0.25) is 0 Å². The first-order valence-electron chi connectivity index (χ1n) is 6.25. The van der Waals surface area contributed by atoms with Gasteiger partial charge in [0.15, 0.2) is 0 Å². The molecule has 2 aliphatic rings. The molecule has 0 aromatic heterocycles. The summed E-state index contributed by atoms with van der Waals surface area (Å²) in [7, 11) is 0. The van der Waals surface area contributed by atoms with Crippen molar-refractivity contribution in [3.05, 3.63) is 34.9 Å². The molecule has 16 heavy (non-hydrogen) atoms. The van der Waals surface area contributed by atoms with Gasteiger partial charge in [0, 0.05) is 24.7 Å². The van der Waals surface area contributed by atoms with E-state index in [9.17, 15) is 0 Å². The number of hydrogen-bond donors (Lipinski definition) is 2. The second-order valence-corrected chi connectivity index (χ2v) is 5.40. The smallest absolute Gasteiger partial charge is 0.0454 e. The Morgan fingerprint density at radius 2 is 2.06 bits per heavy atom. The number of piperazine rings is 1. The van der Waals surface area contributed by atoms with Crippen LogP contribution in [0, 0.1) is 13.8 Å². The van der Waals surface area contributed by atoms with Crippen LogP contribution in [0.4, 0.5) is 0 Å². The SMILES string of the molecule is Cc1cccc(C2CNCC3(CC3)N2)c1C. The van der Waals surface area contributed by atoms with E-state index in [1.165, 1.54) is 29.5 Å². The fourth-order valence-electron chi connectivity index (χ4n) is 2.74. The highest BCUT2D eigenvalue weighted by molar-refractivity contribution is 5.36. The minimum Gasteiger partial charge on any atom is -0.313 e. The van der Waals surface area contributed by atoms with Crippen LogP contribution in [0.2, 0.25) is 0 Å². The van der Waals surface area contributed by atoms with Gasteiger partial charge in [-0.3, -0.25) is 0 Å². The number of aryl methyl sites for hydroxylation is 1. The maximum atomic E-state index is 3.83. The van der Waals surface area contributed by atoms with E-state index in [4.69, 9.17) is 0 Å². The average Bonchev–Trinajstić information content (AvgIpc) is 3.02. The summed E-state index contributed by atoms with van der Waals surface area (Å²) < 4.78 is 0. The summed E-state index contributed by atoms with van der Waals surface area (Å²) in [5.41, 5.74) is 4.74. The number of hydrogen-bond acceptors (Lipinski definition) is 2. The second kappa shape index (κ2) is 3.57. The van der Waals surface area contributed by atoms with Crippen molar-refractivity contribution in [1.82, 2.24) is 10.6 Å². The van der Waals surface area contributed by atoms with Crippen molar-refractivity contribution in [2.45, 2.75) is 38.3 Å². The van der Waals surface area contributed by atoms with Crippen molar-refractivity contribution >= 4 is 0 Å². The molecule has 86 valence electrons. The predicted octanol–water partition coefficient (Wildman–Crippen LogP) is 2.07. The van der Waals surface area contributed by atoms with E-state index in [-0.39, 0.29) is 0 Å². The van der Waals surface area contributed by atoms with Gasteiger partial charge in [-0.05, 0) is 43.4 Å². The third kappa shape index (κ3) is 1.66. The molecule has 3 rings (SSSR count). The van der Waals surface area contributed by atoms with Gasteiger partial charge < -0.3 is 10.6 Å². The van der Waals surface area contributed by atoms with E-state index in [1.54, 1.807) is 0 Å². The lowest BCUT2D eigenvalue weighted by molar-refractivity contribution is 0.327. The molecular weight excluding hydrogens is 196 g/mol. The van der Waals surface area contributed by atoms with Gasteiger partial charge in [0.05, 0.1) is 0 Å². The Morgan fingerprint density at radius 3 is 2.81 bits per heavy atom. The lowest BCUT2D eigenvalue weighted by Gasteiger charge is -2.33. The molecule has 0 radical (unpaired) electrons. The molecule has 1 spiro atoms. The summed E-state index contributed by atoms with van der Waals surface area (Å²) in [6, 6.07) is 7.13. The third-order valence-corrected chi connectivity index (χ3v) is 4.17. The van der Waals surface area contributed by atoms with E-state index >= 15 is 0 Å². The zero-order valence-corrected chi connectivity index (χ0v) is 10.1. The molecule has 2 N–H and O–H groups in total. The zero-order valence-electron chi connectivity index (χ0n) is 10.1. The van der Waals surface area contributed by atoms with Crippen molar-refractivity contribution in [2.24, 2.45) is 0 Å². The molecule has 2 fully saturated rings. The van der Waals surface area contributed by atoms with Crippen molar-refractivity contribution < 1.29 is 0 Å². The van der Waals surface area contributed by atoms with E-state index in [0.29, 0.717) is 11.6 Å². The molecule has 1 aliphatic heterocycles. The summed E-state index contributed by atoms with van der Waals surface area (Å²) in [5, 5.41) is 7.40. The van der Waals surface area contributed by atoms with Crippen molar-refractivity contribution in [1.29, 1.82) is 0 Å². The van der Waals surface area contributed by atoms with E-state index in [2.05, 4.69) is 42.7 Å². The van der Waals surface area contributed by atoms with Crippen LogP contribution >= 0.6 is 0 Å². The Labute approximate surface area is 97.4 Å². The standard InChI is InChI=1S/C14H20N2/c1-10-4-3-5-12(11(10)2)13-8-15-9-14(16-13)6-7-14/h3-5,13,15-16H,6-9H2,1-2H3. The lowest BCUT2D eigenvalue weighted by Crippen LogP contribution is -2.52. The van der Waals surface area contributed by atoms with Crippen LogP contribution in [0.1, 0.15) is 35.6 Å². The molecule has 1 saturated carbocycles. The molecule has 1 aromatic rings. The van der Waals surface area contributed by atoms with Gasteiger partial charge in [0.25, 0.3) is 0 Å². The molecule has 1 heterocycles. The van der Waals surface area contributed by atoms with Crippen molar-refractivity contribution in [3.8, 4) is 0 Å². The summed E-state index contributed by atoms with van der Waals surface area (Å²) >= 11 is 0. The first-order valence-corrected chi connectivity index (χ1v) is 6.25. The first kappa shape index (κ1) is 10.3. The van der Waals surface area contributed by atoms with Crippen LogP contribution in [-0.2, 0) is 0 Å². The third-order valence-electron chi connectivity index (χ3n) is 4.17. The fraction of sp³-hybridized carbons (Fsp3) is 0.571. The van der Waals surface area contributed by atoms with Crippen LogP contribution in [0.15, 0.2) is 18.2 Å². The van der Waals surface area contributed by atoms with Crippen LogP contribution in [0.25, 0.3) is 0 Å². The molecule has 2 heteroatoms. The molecule has 1 aliphatic carbocycles. The van der Waals surface area contributed by atoms with Gasteiger partial charge in [0.1, 0.15) is 0 Å². The summed E-state index contributed by atoms with van der Waals surface area (Å²) in [6.45, 7) is 6.64. The van der Waals surface area contributed by atoms with Gasteiger partial charge in [-0.2, -0.15) is 0 Å². The first-order chi connectivity index (χ1) is 7.70. The number of nitrogens with one attached hydrogen (secondary N) is 2. The molecule has 1 saturated heterocycles. The summed E-state index contributed by atoms with van der Waals surface area (Å²) in [4.78, 5) is 0. The Morgan fingerprint density at radius 1 is 1.25 bits per heavy atom. The monoisotopic (exact) mass is 216 g/mol. The minimum atomic E-state index is 0.430. The highest BCUT2D eigenvalue weighted by atomic mass is 15.2. The van der Waals surface area contributed by atoms with E-state index in [0.717, 1.165) is 13.1 Å². The largest absolute Gasteiger partial charge is 0.313 e. The Kier molecular flexibility index (Phi) is 2.30. The van der Waals surface area contributed by atoms with Crippen LogP contribution in [-0.4, -0.2) is 18.6 Å². The van der Waals surface area contributed by atoms with Gasteiger partial charge >= 0.3 is 0 Å². The molecule has 1 atom stereocenters.